The van der Waals surface area contributed by atoms with Gasteiger partial charge in [0.05, 0.1) is 0 Å². The van der Waals surface area contributed by atoms with Crippen LogP contribution in [0.5, 0.6) is 0 Å². The van der Waals surface area contributed by atoms with Crippen LogP contribution in [0.4, 0.5) is 0 Å². The molecule has 0 heteroatoms. The standard InChI is InChI=1S/C60H48/c1-13-43-37-46(55-31-25-49(58(4,5)6)22-28-52(43)55)19-16-40-34-41(17-20-47-38-44(14-2)53-29-23-50(59(7,8)9)26-32-56(47)53)36-42(35-40)18-21-48-39-45(15-3)54-30-24-51(60(10,11)12)27-33-57(48)54/h1-3,22-39H,4-12H3. The Hall–Kier alpha value is -7.32. The van der Waals surface area contributed by atoms with Gasteiger partial charge in [0.1, 0.15) is 0 Å². The van der Waals surface area contributed by atoms with Crippen LogP contribution in [0.1, 0.15) is 129 Å². The number of terminal acetylenes is 3. The average molecular weight is 769 g/mol. The summed E-state index contributed by atoms with van der Waals surface area (Å²) in [5, 5.41) is 0. The zero-order chi connectivity index (χ0) is 43.0. The zero-order valence-electron chi connectivity index (χ0n) is 36.1. The lowest BCUT2D eigenvalue weighted by Gasteiger charge is -2.17. The van der Waals surface area contributed by atoms with Crippen molar-refractivity contribution in [3.63, 3.8) is 0 Å². The van der Waals surface area contributed by atoms with Crippen LogP contribution in [0.2, 0.25) is 0 Å². The van der Waals surface area contributed by atoms with E-state index in [9.17, 15) is 0 Å². The van der Waals surface area contributed by atoms with E-state index >= 15 is 0 Å². The van der Waals surface area contributed by atoms with E-state index in [1.54, 1.807) is 0 Å². The lowest BCUT2D eigenvalue weighted by molar-refractivity contribution is 0.590. The van der Waals surface area contributed by atoms with Gasteiger partial charge in [0.15, 0.2) is 0 Å². The highest BCUT2D eigenvalue weighted by molar-refractivity contribution is 5.84. The van der Waals surface area contributed by atoms with Crippen LogP contribution in [0.3, 0.4) is 0 Å². The zero-order valence-corrected chi connectivity index (χ0v) is 36.1. The highest BCUT2D eigenvalue weighted by atomic mass is 14.2. The number of hydrogen-bond donors (Lipinski definition) is 0. The van der Waals surface area contributed by atoms with Crippen molar-refractivity contribution in [3.05, 3.63) is 176 Å². The average Bonchev–Trinajstić information content (AvgIpc) is 3.55. The molecular formula is C60H48. The van der Waals surface area contributed by atoms with E-state index in [0.29, 0.717) is 0 Å². The second-order valence-corrected chi connectivity index (χ2v) is 18.5. The first-order chi connectivity index (χ1) is 28.5. The minimum atomic E-state index is -0.00823. The highest BCUT2D eigenvalue weighted by Gasteiger charge is 2.20. The first-order valence-electron chi connectivity index (χ1n) is 20.3. The van der Waals surface area contributed by atoms with Gasteiger partial charge in [0.2, 0.25) is 0 Å². The summed E-state index contributed by atoms with van der Waals surface area (Å²) >= 11 is 0. The summed E-state index contributed by atoms with van der Waals surface area (Å²) in [4.78, 5) is 0. The van der Waals surface area contributed by atoms with Gasteiger partial charge < -0.3 is 0 Å². The van der Waals surface area contributed by atoms with Crippen molar-refractivity contribution >= 4 is 0 Å². The van der Waals surface area contributed by atoms with E-state index in [4.69, 9.17) is 19.3 Å². The highest BCUT2D eigenvalue weighted by Crippen LogP contribution is 2.36. The van der Waals surface area contributed by atoms with Crippen LogP contribution >= 0.6 is 0 Å². The summed E-state index contributed by atoms with van der Waals surface area (Å²) in [6.07, 6.45) is 18.0. The van der Waals surface area contributed by atoms with Crippen LogP contribution in [0.25, 0.3) is 33.4 Å². The van der Waals surface area contributed by atoms with E-state index in [-0.39, 0.29) is 16.2 Å². The van der Waals surface area contributed by atoms with Gasteiger partial charge in [0.25, 0.3) is 0 Å². The molecule has 0 nitrogen and oxygen atoms in total. The van der Waals surface area contributed by atoms with Gasteiger partial charge in [-0.3, -0.25) is 0 Å². The number of benzene rings is 1. The van der Waals surface area contributed by atoms with Gasteiger partial charge in [-0.15, -0.1) is 19.3 Å². The van der Waals surface area contributed by atoms with Gasteiger partial charge in [-0.1, -0.05) is 188 Å². The number of rotatable bonds is 0. The molecule has 0 atom stereocenters. The molecule has 0 unspecified atom stereocenters. The van der Waals surface area contributed by atoms with Gasteiger partial charge >= 0.3 is 0 Å². The summed E-state index contributed by atoms with van der Waals surface area (Å²) in [5.74, 6) is 29.4. The molecular weight excluding hydrogens is 721 g/mol. The van der Waals surface area contributed by atoms with E-state index in [1.807, 2.05) is 36.4 Å². The first kappa shape index (κ1) is 40.9. The quantitative estimate of drug-likeness (QED) is 0.135. The van der Waals surface area contributed by atoms with Gasteiger partial charge in [-0.05, 0) is 103 Å². The molecule has 0 aliphatic heterocycles. The lowest BCUT2D eigenvalue weighted by Crippen LogP contribution is -2.09. The maximum Gasteiger partial charge on any atom is 0.0340 e. The van der Waals surface area contributed by atoms with Crippen LogP contribution in [-0.4, -0.2) is 0 Å². The molecule has 0 N–H and O–H groups in total. The fourth-order valence-corrected chi connectivity index (χ4v) is 7.48. The van der Waals surface area contributed by atoms with E-state index in [0.717, 1.165) is 83.5 Å². The molecule has 7 rings (SSSR count). The van der Waals surface area contributed by atoms with Crippen LogP contribution < -0.4 is 0 Å². The maximum absolute atomic E-state index is 6.01. The molecule has 1 aromatic rings. The fraction of sp³-hybridized carbons (Fsp3) is 0.200. The molecule has 6 aliphatic carbocycles. The summed E-state index contributed by atoms with van der Waals surface area (Å²) < 4.78 is 0. The Labute approximate surface area is 358 Å². The number of hydrogen-bond acceptors (Lipinski definition) is 0. The van der Waals surface area contributed by atoms with Crippen LogP contribution in [-0.2, 0) is 16.2 Å². The van der Waals surface area contributed by atoms with E-state index in [2.05, 4.69) is 188 Å². The molecule has 0 saturated heterocycles. The molecule has 0 amide bonds. The minimum Gasteiger partial charge on any atom is -0.115 e. The normalized spacial score (nSPS) is 11.3. The van der Waals surface area contributed by atoms with Crippen molar-refractivity contribution in [1.29, 1.82) is 0 Å². The van der Waals surface area contributed by atoms with Crippen molar-refractivity contribution in [2.24, 2.45) is 0 Å². The Bertz CT molecular complexity index is 2710. The molecule has 0 saturated carbocycles. The van der Waals surface area contributed by atoms with Crippen molar-refractivity contribution < 1.29 is 0 Å². The largest absolute Gasteiger partial charge is 0.115 e. The summed E-state index contributed by atoms with van der Waals surface area (Å²) in [7, 11) is 0. The predicted octanol–water partition coefficient (Wildman–Crippen LogP) is 13.0. The van der Waals surface area contributed by atoms with E-state index < -0.39 is 0 Å². The molecule has 0 spiro atoms. The molecule has 6 aliphatic rings. The van der Waals surface area contributed by atoms with Gasteiger partial charge in [-0.2, -0.15) is 0 Å². The number of fused-ring (bicyclic) bond motifs is 3. The second-order valence-electron chi connectivity index (χ2n) is 18.5. The van der Waals surface area contributed by atoms with Crippen molar-refractivity contribution in [2.45, 2.75) is 78.6 Å². The minimum absolute atomic E-state index is 0.00823. The van der Waals surface area contributed by atoms with Crippen molar-refractivity contribution in [2.75, 3.05) is 0 Å². The lowest BCUT2D eigenvalue weighted by atomic mass is 9.88. The van der Waals surface area contributed by atoms with Gasteiger partial charge in [0, 0.05) is 50.1 Å². The monoisotopic (exact) mass is 768 g/mol. The molecule has 0 aromatic heterocycles. The molecule has 1 aromatic carbocycles. The molecule has 0 fully saturated rings. The van der Waals surface area contributed by atoms with Crippen LogP contribution in [0, 0.1) is 72.6 Å². The third-order valence-corrected chi connectivity index (χ3v) is 11.1. The van der Waals surface area contributed by atoms with Crippen LogP contribution in [0.15, 0.2) is 109 Å². The first-order valence-corrected chi connectivity index (χ1v) is 20.3. The Morgan fingerprint density at radius 3 is 0.700 bits per heavy atom. The molecule has 288 valence electrons. The fourth-order valence-electron chi connectivity index (χ4n) is 7.48. The maximum atomic E-state index is 6.01. The smallest absolute Gasteiger partial charge is 0.0340 e. The Kier molecular flexibility index (Phi) is 10.8. The summed E-state index contributed by atoms with van der Waals surface area (Å²) in [5.41, 5.74) is 17.2. The van der Waals surface area contributed by atoms with Crippen molar-refractivity contribution in [1.82, 2.24) is 0 Å². The Morgan fingerprint density at radius 1 is 0.283 bits per heavy atom. The summed E-state index contributed by atoms with van der Waals surface area (Å²) in [6.45, 7) is 19.9. The van der Waals surface area contributed by atoms with Crippen molar-refractivity contribution in [3.8, 4) is 106 Å². The Morgan fingerprint density at radius 2 is 0.500 bits per heavy atom. The van der Waals surface area contributed by atoms with E-state index in [1.165, 1.54) is 16.7 Å². The molecule has 0 radical (unpaired) electrons. The molecule has 0 heterocycles. The Balaban J connectivity index is 1.37. The molecule has 60 heavy (non-hydrogen) atoms. The predicted molar refractivity (Wildman–Crippen MR) is 253 cm³/mol. The van der Waals surface area contributed by atoms with Gasteiger partial charge in [-0.25, -0.2) is 0 Å². The SMILES string of the molecule is C#Cc1cc(C#Cc2cc(C#Cc3cc(C#C)c4ccc(C(C)(C)C)ccc3-4)cc(C#Cc3cc(C#C)c4ccc(C(C)(C)C)ccc3-4)c2)c2ccc(C(C)(C)C)ccc1-2. The topological polar surface area (TPSA) is 0 Å². The second kappa shape index (κ2) is 15.8. The third-order valence-electron chi connectivity index (χ3n) is 11.1. The molecule has 0 bridgehead atoms. The third kappa shape index (κ3) is 8.45. The summed E-state index contributed by atoms with van der Waals surface area (Å²) in [6, 6.07) is 37.8.